The smallest absolute Gasteiger partial charge is 0.291 e. The number of carbonyl (C=O) groups excluding carboxylic acids is 1. The summed E-state index contributed by atoms with van der Waals surface area (Å²) in [4.78, 5) is 12.6. The van der Waals surface area contributed by atoms with E-state index < -0.39 is 5.91 Å². The fourth-order valence-corrected chi connectivity index (χ4v) is 4.22. The average Bonchev–Trinajstić information content (AvgIpc) is 3.58. The van der Waals surface area contributed by atoms with Crippen molar-refractivity contribution in [2.45, 2.75) is 26.6 Å². The maximum absolute atomic E-state index is 12.6. The van der Waals surface area contributed by atoms with E-state index in [1.165, 1.54) is 6.07 Å². The molecule has 178 valence electrons. The third-order valence-electron chi connectivity index (χ3n) is 4.66. The quantitative estimate of drug-likeness (QED) is 0.187. The number of carbonyl (C=O) groups is 1. The van der Waals surface area contributed by atoms with E-state index in [2.05, 4.69) is 15.5 Å². The number of furan rings is 1. The third kappa shape index (κ3) is 5.31. The molecule has 0 radical (unpaired) electrons. The highest BCUT2D eigenvalue weighted by atomic mass is 35.5. The Hall–Kier alpha value is -2.36. The van der Waals surface area contributed by atoms with Gasteiger partial charge in [-0.25, -0.2) is 0 Å². The first-order chi connectivity index (χ1) is 16.3. The highest BCUT2D eigenvalue weighted by Crippen LogP contribution is 2.48. The summed E-state index contributed by atoms with van der Waals surface area (Å²) in [6, 6.07) is 3.10. The molecule has 8 nitrogen and oxygen atoms in total. The van der Waals surface area contributed by atoms with Crippen LogP contribution in [0.5, 0.6) is 5.75 Å². The van der Waals surface area contributed by atoms with Gasteiger partial charge in [-0.3, -0.25) is 14.2 Å². The largest absolute Gasteiger partial charge is 0.482 e. The summed E-state index contributed by atoms with van der Waals surface area (Å²) < 4.78 is 14.7. The molecule has 0 bridgehead atoms. The van der Waals surface area contributed by atoms with E-state index >= 15 is 0 Å². The molecule has 0 aliphatic rings. The molecule has 1 N–H and O–H groups in total. The fraction of sp³-hybridized carbons (Fsp3) is 0.190. The summed E-state index contributed by atoms with van der Waals surface area (Å²) in [7, 11) is 0. The standard InChI is InChI=1S/C21H16Cl5N5O3/c1-2-30-7-11(5-27-30)8-31-9-12(6-28-31)29-21(32)14-4-3-13(34-14)10-33-20-18(25)16(23)15(22)17(24)19(20)26/h3-7,9H,2,8,10H2,1H3,(H,29,32). The van der Waals surface area contributed by atoms with E-state index in [1.807, 2.05) is 17.8 Å². The molecule has 4 rings (SSSR count). The maximum Gasteiger partial charge on any atom is 0.291 e. The Balaban J connectivity index is 1.37. The second kappa shape index (κ2) is 10.5. The molecular weight excluding hydrogens is 548 g/mol. The Kier molecular flexibility index (Phi) is 7.64. The zero-order valence-corrected chi connectivity index (χ0v) is 21.3. The number of rotatable bonds is 8. The molecule has 3 aromatic heterocycles. The molecule has 0 fully saturated rings. The molecule has 0 spiro atoms. The summed E-state index contributed by atoms with van der Waals surface area (Å²) >= 11 is 30.4. The lowest BCUT2D eigenvalue weighted by Gasteiger charge is -2.12. The van der Waals surface area contributed by atoms with Gasteiger partial charge in [0, 0.05) is 24.5 Å². The van der Waals surface area contributed by atoms with E-state index in [0.29, 0.717) is 18.0 Å². The molecule has 0 saturated heterocycles. The van der Waals surface area contributed by atoms with E-state index in [9.17, 15) is 4.79 Å². The number of hydrogen-bond donors (Lipinski definition) is 1. The molecule has 3 heterocycles. The van der Waals surface area contributed by atoms with Crippen molar-refractivity contribution >= 4 is 69.6 Å². The van der Waals surface area contributed by atoms with Gasteiger partial charge in [-0.2, -0.15) is 10.2 Å². The van der Waals surface area contributed by atoms with Crippen molar-refractivity contribution < 1.29 is 13.9 Å². The van der Waals surface area contributed by atoms with Crippen molar-refractivity contribution in [1.82, 2.24) is 19.6 Å². The van der Waals surface area contributed by atoms with E-state index in [0.717, 1.165) is 12.1 Å². The molecule has 0 aliphatic carbocycles. The number of anilines is 1. The highest BCUT2D eigenvalue weighted by molar-refractivity contribution is 6.55. The molecule has 1 amide bonds. The molecule has 13 heteroatoms. The van der Waals surface area contributed by atoms with E-state index in [1.54, 1.807) is 29.3 Å². The topological polar surface area (TPSA) is 87.1 Å². The molecule has 0 saturated carbocycles. The SMILES string of the molecule is CCn1cc(Cn2cc(NC(=O)c3ccc(COc4c(Cl)c(Cl)c(Cl)c(Cl)c4Cl)o3)cn2)cn1. The van der Waals surface area contributed by atoms with Crippen LogP contribution >= 0.6 is 58.0 Å². The molecule has 34 heavy (non-hydrogen) atoms. The van der Waals surface area contributed by atoms with Crippen LogP contribution < -0.4 is 10.1 Å². The zero-order chi connectivity index (χ0) is 24.4. The van der Waals surface area contributed by atoms with Crippen LogP contribution in [0.4, 0.5) is 5.69 Å². The summed E-state index contributed by atoms with van der Waals surface area (Å²) in [5.41, 5.74) is 1.52. The van der Waals surface area contributed by atoms with E-state index in [4.69, 9.17) is 67.2 Å². The Bertz CT molecular complexity index is 1320. The maximum atomic E-state index is 12.6. The first-order valence-corrected chi connectivity index (χ1v) is 11.7. The van der Waals surface area contributed by atoms with Gasteiger partial charge in [0.15, 0.2) is 11.5 Å². The summed E-state index contributed by atoms with van der Waals surface area (Å²) in [5, 5.41) is 11.3. The Morgan fingerprint density at radius 2 is 1.65 bits per heavy atom. The van der Waals surface area contributed by atoms with Crippen LogP contribution in [0.25, 0.3) is 0 Å². The summed E-state index contributed by atoms with van der Waals surface area (Å²) in [6.45, 7) is 3.25. The van der Waals surface area contributed by atoms with Gasteiger partial charge in [-0.05, 0) is 19.1 Å². The van der Waals surface area contributed by atoms with Crippen LogP contribution in [-0.4, -0.2) is 25.5 Å². The molecule has 1 aromatic carbocycles. The number of halogens is 5. The Morgan fingerprint density at radius 1 is 0.971 bits per heavy atom. The number of aryl methyl sites for hydroxylation is 1. The first-order valence-electron chi connectivity index (χ1n) is 9.84. The molecular formula is C21H16Cl5N5O3. The van der Waals surface area contributed by atoms with Crippen molar-refractivity contribution in [3.63, 3.8) is 0 Å². The Labute approximate surface area is 219 Å². The van der Waals surface area contributed by atoms with Crippen LogP contribution in [0.3, 0.4) is 0 Å². The van der Waals surface area contributed by atoms with Crippen LogP contribution in [-0.2, 0) is 19.7 Å². The minimum absolute atomic E-state index is 0.0182. The van der Waals surface area contributed by atoms with Crippen LogP contribution in [0, 0.1) is 0 Å². The minimum atomic E-state index is -0.446. The number of hydrogen-bond acceptors (Lipinski definition) is 5. The van der Waals surface area contributed by atoms with Crippen LogP contribution in [0.1, 0.15) is 28.8 Å². The van der Waals surface area contributed by atoms with Gasteiger partial charge < -0.3 is 14.5 Å². The van der Waals surface area contributed by atoms with Gasteiger partial charge in [-0.15, -0.1) is 0 Å². The number of nitrogens with one attached hydrogen (secondary N) is 1. The predicted octanol–water partition coefficient (Wildman–Crippen LogP) is 6.84. The van der Waals surface area contributed by atoms with Gasteiger partial charge >= 0.3 is 0 Å². The van der Waals surface area contributed by atoms with E-state index in [-0.39, 0.29) is 43.2 Å². The second-order valence-electron chi connectivity index (χ2n) is 7.04. The molecule has 0 unspecified atom stereocenters. The van der Waals surface area contributed by atoms with Crippen LogP contribution in [0.15, 0.2) is 41.3 Å². The fourth-order valence-electron chi connectivity index (χ4n) is 2.99. The predicted molar refractivity (Wildman–Crippen MR) is 132 cm³/mol. The molecule has 0 aliphatic heterocycles. The number of nitrogens with zero attached hydrogens (tertiary/aromatic N) is 4. The van der Waals surface area contributed by atoms with Crippen molar-refractivity contribution in [1.29, 1.82) is 0 Å². The number of ether oxygens (including phenoxy) is 1. The normalized spacial score (nSPS) is 11.1. The van der Waals surface area contributed by atoms with Gasteiger partial charge in [0.1, 0.15) is 22.4 Å². The molecule has 0 atom stereocenters. The van der Waals surface area contributed by atoms with Gasteiger partial charge in [-0.1, -0.05) is 58.0 Å². The number of amides is 1. The Morgan fingerprint density at radius 3 is 2.32 bits per heavy atom. The summed E-state index contributed by atoms with van der Waals surface area (Å²) in [5.74, 6) is 0.0447. The summed E-state index contributed by atoms with van der Waals surface area (Å²) in [6.07, 6.45) is 6.99. The monoisotopic (exact) mass is 561 g/mol. The lowest BCUT2D eigenvalue weighted by molar-refractivity contribution is 0.0992. The number of aromatic nitrogens is 4. The first kappa shape index (κ1) is 24.8. The van der Waals surface area contributed by atoms with Crippen molar-refractivity contribution in [3.8, 4) is 5.75 Å². The van der Waals surface area contributed by atoms with Gasteiger partial charge in [0.2, 0.25) is 0 Å². The lowest BCUT2D eigenvalue weighted by Crippen LogP contribution is -2.10. The van der Waals surface area contributed by atoms with Crippen molar-refractivity contribution in [3.05, 3.63) is 79.1 Å². The van der Waals surface area contributed by atoms with Crippen molar-refractivity contribution in [2.75, 3.05) is 5.32 Å². The second-order valence-corrected chi connectivity index (χ2v) is 8.93. The molecule has 4 aromatic rings. The minimum Gasteiger partial charge on any atom is -0.482 e. The lowest BCUT2D eigenvalue weighted by atomic mass is 10.3. The van der Waals surface area contributed by atoms with Crippen LogP contribution in [0.2, 0.25) is 25.1 Å². The van der Waals surface area contributed by atoms with Gasteiger partial charge in [0.05, 0.1) is 39.7 Å². The van der Waals surface area contributed by atoms with Crippen molar-refractivity contribution in [2.24, 2.45) is 0 Å². The van der Waals surface area contributed by atoms with Gasteiger partial charge in [0.25, 0.3) is 5.91 Å². The number of benzene rings is 1. The average molecular weight is 564 g/mol. The highest BCUT2D eigenvalue weighted by Gasteiger charge is 2.21. The zero-order valence-electron chi connectivity index (χ0n) is 17.5. The third-order valence-corrected chi connectivity index (χ3v) is 6.90.